The van der Waals surface area contributed by atoms with Gasteiger partial charge in [-0.3, -0.25) is 0 Å². The highest BCUT2D eigenvalue weighted by Crippen LogP contribution is 2.19. The van der Waals surface area contributed by atoms with E-state index in [1.54, 1.807) is 11.9 Å². The summed E-state index contributed by atoms with van der Waals surface area (Å²) in [6.07, 6.45) is 0. The topological polar surface area (TPSA) is 12.4 Å². The Morgan fingerprint density at radius 2 is 2.71 bits per heavy atom. The minimum Gasteiger partial charge on any atom is -0.224 e. The molecule has 0 fully saturated rings. The van der Waals surface area contributed by atoms with E-state index in [0.29, 0.717) is 0 Å². The third kappa shape index (κ3) is 1.10. The summed E-state index contributed by atoms with van der Waals surface area (Å²) in [5.74, 6) is 0.952. The van der Waals surface area contributed by atoms with Crippen molar-refractivity contribution in [1.82, 2.24) is 0 Å². The standard InChI is InChI=1S/C4H6ClNS/c1-3-4(5)2-7-6-3/h4H,2H2,1H3. The Labute approximate surface area is 52.3 Å². The van der Waals surface area contributed by atoms with Crippen molar-refractivity contribution < 1.29 is 0 Å². The van der Waals surface area contributed by atoms with Crippen molar-refractivity contribution in [2.45, 2.75) is 12.3 Å². The van der Waals surface area contributed by atoms with Crippen molar-refractivity contribution in [2.75, 3.05) is 5.75 Å². The van der Waals surface area contributed by atoms with E-state index >= 15 is 0 Å². The molecule has 1 rings (SSSR count). The Bertz CT molecular complexity index is 102. The Morgan fingerprint density at radius 1 is 2.00 bits per heavy atom. The van der Waals surface area contributed by atoms with Crippen LogP contribution < -0.4 is 0 Å². The van der Waals surface area contributed by atoms with E-state index < -0.39 is 0 Å². The van der Waals surface area contributed by atoms with Gasteiger partial charge in [-0.25, -0.2) is 4.40 Å². The molecule has 1 aliphatic heterocycles. The molecule has 0 saturated heterocycles. The number of rotatable bonds is 0. The van der Waals surface area contributed by atoms with Gasteiger partial charge in [-0.15, -0.1) is 11.6 Å². The number of nitrogens with zero attached hydrogens (tertiary/aromatic N) is 1. The normalized spacial score (nSPS) is 30.6. The van der Waals surface area contributed by atoms with Gasteiger partial charge in [-0.05, 0) is 18.9 Å². The molecule has 1 nitrogen and oxygen atoms in total. The van der Waals surface area contributed by atoms with E-state index in [1.165, 1.54) is 0 Å². The van der Waals surface area contributed by atoms with Crippen LogP contribution in [-0.4, -0.2) is 16.8 Å². The van der Waals surface area contributed by atoms with Gasteiger partial charge in [0.2, 0.25) is 0 Å². The fraction of sp³-hybridized carbons (Fsp3) is 0.750. The Morgan fingerprint density at radius 3 is 2.86 bits per heavy atom. The fourth-order valence-electron chi connectivity index (χ4n) is 0.382. The lowest BCUT2D eigenvalue weighted by molar-refractivity contribution is 1.34. The second-order valence-electron chi connectivity index (χ2n) is 1.50. The van der Waals surface area contributed by atoms with E-state index in [1.807, 2.05) is 6.92 Å². The first-order chi connectivity index (χ1) is 3.30. The van der Waals surface area contributed by atoms with Crippen LogP contribution in [-0.2, 0) is 0 Å². The van der Waals surface area contributed by atoms with Crippen LogP contribution in [0.3, 0.4) is 0 Å². The van der Waals surface area contributed by atoms with E-state index in [9.17, 15) is 0 Å². The summed E-state index contributed by atoms with van der Waals surface area (Å²) in [6.45, 7) is 1.96. The number of halogens is 1. The first-order valence-corrected chi connectivity index (χ1v) is 3.49. The summed E-state index contributed by atoms with van der Waals surface area (Å²) in [5, 5.41) is 0.199. The molecular weight excluding hydrogens is 130 g/mol. The van der Waals surface area contributed by atoms with Crippen LogP contribution in [0.4, 0.5) is 0 Å². The second kappa shape index (κ2) is 2.05. The Balaban J connectivity index is 2.54. The summed E-state index contributed by atoms with van der Waals surface area (Å²) in [7, 11) is 0. The van der Waals surface area contributed by atoms with Crippen LogP contribution in [0.1, 0.15) is 6.92 Å². The van der Waals surface area contributed by atoms with Gasteiger partial charge in [0.1, 0.15) is 0 Å². The van der Waals surface area contributed by atoms with Gasteiger partial charge in [0.05, 0.1) is 5.38 Å². The fourth-order valence-corrected chi connectivity index (χ4v) is 1.44. The molecule has 0 amide bonds. The van der Waals surface area contributed by atoms with Crippen LogP contribution in [0, 0.1) is 0 Å². The smallest absolute Gasteiger partial charge is 0.0830 e. The number of hydrogen-bond acceptors (Lipinski definition) is 2. The predicted molar refractivity (Wildman–Crippen MR) is 35.2 cm³/mol. The summed E-state index contributed by atoms with van der Waals surface area (Å²) >= 11 is 7.26. The van der Waals surface area contributed by atoms with Crippen molar-refractivity contribution >= 4 is 29.3 Å². The third-order valence-corrected chi connectivity index (χ3v) is 2.44. The molecule has 1 aliphatic rings. The Kier molecular flexibility index (Phi) is 1.60. The molecule has 1 unspecified atom stereocenters. The van der Waals surface area contributed by atoms with E-state index in [-0.39, 0.29) is 5.38 Å². The van der Waals surface area contributed by atoms with Gasteiger partial charge >= 0.3 is 0 Å². The SMILES string of the molecule is CC1=NSCC1Cl. The lowest BCUT2D eigenvalue weighted by Crippen LogP contribution is -2.06. The molecule has 0 spiro atoms. The number of alkyl halides is 1. The summed E-state index contributed by atoms with van der Waals surface area (Å²) in [5.41, 5.74) is 1.06. The molecule has 0 radical (unpaired) electrons. The van der Waals surface area contributed by atoms with E-state index in [2.05, 4.69) is 4.40 Å². The maximum atomic E-state index is 5.71. The Hall–Kier alpha value is 0.310. The first kappa shape index (κ1) is 5.45. The van der Waals surface area contributed by atoms with Crippen LogP contribution in [0.2, 0.25) is 0 Å². The quantitative estimate of drug-likeness (QED) is 0.364. The monoisotopic (exact) mass is 135 g/mol. The molecule has 0 aromatic heterocycles. The predicted octanol–water partition coefficient (Wildman–Crippen LogP) is 1.72. The van der Waals surface area contributed by atoms with Crippen LogP contribution in [0.5, 0.6) is 0 Å². The highest BCUT2D eigenvalue weighted by atomic mass is 35.5. The minimum absolute atomic E-state index is 0.199. The zero-order valence-electron chi connectivity index (χ0n) is 4.02. The minimum atomic E-state index is 0.199. The molecule has 40 valence electrons. The van der Waals surface area contributed by atoms with Crippen LogP contribution >= 0.6 is 23.5 Å². The summed E-state index contributed by atoms with van der Waals surface area (Å²) in [6, 6.07) is 0. The average Bonchev–Trinajstić information content (AvgIpc) is 1.91. The maximum Gasteiger partial charge on any atom is 0.0830 e. The molecule has 0 bridgehead atoms. The van der Waals surface area contributed by atoms with Gasteiger partial charge in [0, 0.05) is 11.5 Å². The molecule has 1 heterocycles. The van der Waals surface area contributed by atoms with Crippen molar-refractivity contribution in [3.05, 3.63) is 0 Å². The average molecular weight is 136 g/mol. The zero-order chi connectivity index (χ0) is 5.28. The van der Waals surface area contributed by atoms with Crippen LogP contribution in [0.25, 0.3) is 0 Å². The van der Waals surface area contributed by atoms with Crippen molar-refractivity contribution in [2.24, 2.45) is 4.40 Å². The molecule has 7 heavy (non-hydrogen) atoms. The molecule has 0 saturated carbocycles. The molecule has 0 aromatic carbocycles. The number of hydrogen-bond donors (Lipinski definition) is 0. The van der Waals surface area contributed by atoms with Crippen molar-refractivity contribution in [1.29, 1.82) is 0 Å². The largest absolute Gasteiger partial charge is 0.224 e. The highest BCUT2D eigenvalue weighted by Gasteiger charge is 2.13. The third-order valence-electron chi connectivity index (χ3n) is 0.883. The molecule has 0 aliphatic carbocycles. The van der Waals surface area contributed by atoms with Gasteiger partial charge in [-0.1, -0.05) is 0 Å². The van der Waals surface area contributed by atoms with Crippen LogP contribution in [0.15, 0.2) is 4.40 Å². The summed E-state index contributed by atoms with van der Waals surface area (Å²) in [4.78, 5) is 0. The highest BCUT2D eigenvalue weighted by molar-refractivity contribution is 7.98. The molecule has 3 heteroatoms. The van der Waals surface area contributed by atoms with Crippen molar-refractivity contribution in [3.63, 3.8) is 0 Å². The maximum absolute atomic E-state index is 5.71. The van der Waals surface area contributed by atoms with Gasteiger partial charge < -0.3 is 0 Å². The molecule has 1 atom stereocenters. The van der Waals surface area contributed by atoms with Gasteiger partial charge in [-0.2, -0.15) is 0 Å². The van der Waals surface area contributed by atoms with E-state index in [4.69, 9.17) is 11.6 Å². The summed E-state index contributed by atoms with van der Waals surface area (Å²) < 4.78 is 4.02. The molecule has 0 N–H and O–H groups in total. The molecule has 0 aromatic rings. The molecular formula is C4H6ClNS. The van der Waals surface area contributed by atoms with Crippen molar-refractivity contribution in [3.8, 4) is 0 Å². The van der Waals surface area contributed by atoms with Gasteiger partial charge in [0.25, 0.3) is 0 Å². The lowest BCUT2D eigenvalue weighted by atomic mass is 10.3. The van der Waals surface area contributed by atoms with Gasteiger partial charge in [0.15, 0.2) is 0 Å². The van der Waals surface area contributed by atoms with E-state index in [0.717, 1.165) is 11.5 Å². The second-order valence-corrected chi connectivity index (χ2v) is 2.80. The zero-order valence-corrected chi connectivity index (χ0v) is 5.59. The first-order valence-electron chi connectivity index (χ1n) is 2.11. The lowest BCUT2D eigenvalue weighted by Gasteiger charge is -1.91.